The number of nitrogens with one attached hydrogen (secondary N) is 1. The number of carbonyl (C=O) groups is 1. The first-order chi connectivity index (χ1) is 9.06. The molecule has 4 heteroatoms. The number of aromatic amines is 1. The van der Waals surface area contributed by atoms with Gasteiger partial charge in [0.2, 0.25) is 0 Å². The highest BCUT2D eigenvalue weighted by Crippen LogP contribution is 2.26. The first-order valence-corrected chi connectivity index (χ1v) is 6.74. The summed E-state index contributed by atoms with van der Waals surface area (Å²) >= 11 is 3.42. The number of rotatable bonds is 2. The van der Waals surface area contributed by atoms with E-state index < -0.39 is 0 Å². The lowest BCUT2D eigenvalue weighted by molar-refractivity contribution is 0.103. The van der Waals surface area contributed by atoms with E-state index in [2.05, 4.69) is 20.9 Å². The zero-order chi connectivity index (χ0) is 13.6. The van der Waals surface area contributed by atoms with Gasteiger partial charge in [-0.1, -0.05) is 22.0 Å². The molecule has 0 saturated carbocycles. The largest absolute Gasteiger partial charge is 0.466 e. The van der Waals surface area contributed by atoms with Crippen LogP contribution in [0.4, 0.5) is 0 Å². The monoisotopic (exact) mass is 317 g/mol. The summed E-state index contributed by atoms with van der Waals surface area (Å²) in [6.45, 7) is 3.65. The van der Waals surface area contributed by atoms with Crippen molar-refractivity contribution in [3.05, 3.63) is 57.6 Å². The first-order valence-electron chi connectivity index (χ1n) is 5.94. The molecular formula is C15H12BrNO2. The van der Waals surface area contributed by atoms with Crippen LogP contribution in [0.3, 0.4) is 0 Å². The number of aromatic nitrogens is 1. The fourth-order valence-electron chi connectivity index (χ4n) is 2.29. The van der Waals surface area contributed by atoms with E-state index in [1.165, 1.54) is 0 Å². The molecule has 0 bridgehead atoms. The van der Waals surface area contributed by atoms with Gasteiger partial charge in [-0.3, -0.25) is 4.79 Å². The van der Waals surface area contributed by atoms with E-state index in [1.54, 1.807) is 12.3 Å². The summed E-state index contributed by atoms with van der Waals surface area (Å²) in [4.78, 5) is 15.7. The highest BCUT2D eigenvalue weighted by atomic mass is 79.9. The predicted molar refractivity (Wildman–Crippen MR) is 77.6 cm³/mol. The Morgan fingerprint density at radius 3 is 2.68 bits per heavy atom. The van der Waals surface area contributed by atoms with E-state index in [4.69, 9.17) is 4.42 Å². The molecule has 1 N–H and O–H groups in total. The molecule has 1 aromatic carbocycles. The zero-order valence-electron chi connectivity index (χ0n) is 10.6. The van der Waals surface area contributed by atoms with Crippen LogP contribution in [0.5, 0.6) is 0 Å². The van der Waals surface area contributed by atoms with Gasteiger partial charge in [0.25, 0.3) is 0 Å². The molecule has 3 nitrogen and oxygen atoms in total. The third-order valence-corrected chi connectivity index (χ3v) is 3.67. The molecule has 2 heterocycles. The van der Waals surface area contributed by atoms with Crippen LogP contribution in [0, 0.1) is 13.8 Å². The van der Waals surface area contributed by atoms with Gasteiger partial charge >= 0.3 is 0 Å². The van der Waals surface area contributed by atoms with Crippen molar-refractivity contribution in [1.82, 2.24) is 4.98 Å². The lowest BCUT2D eigenvalue weighted by Crippen LogP contribution is -2.00. The van der Waals surface area contributed by atoms with Gasteiger partial charge < -0.3 is 9.40 Å². The number of benzene rings is 1. The number of aryl methyl sites for hydroxylation is 2. The second-order valence-electron chi connectivity index (χ2n) is 4.55. The summed E-state index contributed by atoms with van der Waals surface area (Å²) in [6, 6.07) is 7.61. The molecule has 0 spiro atoms. The van der Waals surface area contributed by atoms with Crippen LogP contribution in [0.1, 0.15) is 27.4 Å². The molecule has 3 aromatic rings. The summed E-state index contributed by atoms with van der Waals surface area (Å²) in [5.41, 5.74) is 2.24. The number of halogens is 1. The second-order valence-corrected chi connectivity index (χ2v) is 5.46. The van der Waals surface area contributed by atoms with Gasteiger partial charge in [0.05, 0.1) is 5.56 Å². The average molecular weight is 318 g/mol. The van der Waals surface area contributed by atoms with Gasteiger partial charge in [-0.15, -0.1) is 0 Å². The van der Waals surface area contributed by atoms with Gasteiger partial charge in [-0.25, -0.2) is 0 Å². The highest BCUT2D eigenvalue weighted by molar-refractivity contribution is 9.10. The molecule has 0 aliphatic rings. The van der Waals surface area contributed by atoms with Crippen LogP contribution in [-0.4, -0.2) is 10.8 Å². The molecule has 0 fully saturated rings. The maximum absolute atomic E-state index is 12.5. The third-order valence-electron chi connectivity index (χ3n) is 3.17. The Labute approximate surface area is 118 Å². The molecule has 96 valence electrons. The molecule has 19 heavy (non-hydrogen) atoms. The van der Waals surface area contributed by atoms with Crippen LogP contribution >= 0.6 is 15.9 Å². The lowest BCUT2D eigenvalue weighted by atomic mass is 10.0. The summed E-state index contributed by atoms with van der Waals surface area (Å²) in [5, 5.41) is 0.923. The van der Waals surface area contributed by atoms with Crippen molar-refractivity contribution in [2.24, 2.45) is 0 Å². The molecule has 2 aromatic heterocycles. The van der Waals surface area contributed by atoms with E-state index in [1.807, 2.05) is 32.0 Å². The SMILES string of the molecule is Cc1cc(C(=O)c2c[nH]c3cc(Br)ccc23)c(C)o1. The number of furan rings is 1. The molecule has 0 amide bonds. The van der Waals surface area contributed by atoms with Crippen molar-refractivity contribution in [2.45, 2.75) is 13.8 Å². The maximum atomic E-state index is 12.5. The molecule has 0 saturated heterocycles. The smallest absolute Gasteiger partial charge is 0.198 e. The fourth-order valence-corrected chi connectivity index (χ4v) is 2.65. The van der Waals surface area contributed by atoms with Crippen LogP contribution in [0.2, 0.25) is 0 Å². The lowest BCUT2D eigenvalue weighted by Gasteiger charge is -1.98. The number of ketones is 1. The van der Waals surface area contributed by atoms with Crippen molar-refractivity contribution in [3.8, 4) is 0 Å². The van der Waals surface area contributed by atoms with E-state index in [0.717, 1.165) is 21.1 Å². The fraction of sp³-hybridized carbons (Fsp3) is 0.133. The van der Waals surface area contributed by atoms with Gasteiger partial charge in [0, 0.05) is 27.1 Å². The Hall–Kier alpha value is -1.81. The van der Waals surface area contributed by atoms with Gasteiger partial charge in [0.1, 0.15) is 11.5 Å². The molecule has 0 aliphatic carbocycles. The zero-order valence-corrected chi connectivity index (χ0v) is 12.2. The van der Waals surface area contributed by atoms with Gasteiger partial charge in [0.15, 0.2) is 5.78 Å². The van der Waals surface area contributed by atoms with E-state index >= 15 is 0 Å². The molecular weight excluding hydrogens is 306 g/mol. The Balaban J connectivity index is 2.14. The highest BCUT2D eigenvalue weighted by Gasteiger charge is 2.18. The number of fused-ring (bicyclic) bond motifs is 1. The van der Waals surface area contributed by atoms with E-state index in [9.17, 15) is 4.79 Å². The van der Waals surface area contributed by atoms with Crippen molar-refractivity contribution in [2.75, 3.05) is 0 Å². The van der Waals surface area contributed by atoms with Crippen LogP contribution < -0.4 is 0 Å². The van der Waals surface area contributed by atoms with E-state index in [-0.39, 0.29) is 5.78 Å². The maximum Gasteiger partial charge on any atom is 0.198 e. The topological polar surface area (TPSA) is 46.0 Å². The Bertz CT molecular complexity index is 783. The quantitative estimate of drug-likeness (QED) is 0.713. The Kier molecular flexibility index (Phi) is 2.82. The number of H-pyrrole nitrogens is 1. The first kappa shape index (κ1) is 12.2. The number of hydrogen-bond acceptors (Lipinski definition) is 2. The molecule has 0 atom stereocenters. The van der Waals surface area contributed by atoms with Crippen molar-refractivity contribution < 1.29 is 9.21 Å². The minimum absolute atomic E-state index is 0.0112. The minimum atomic E-state index is -0.0112. The summed E-state index contributed by atoms with van der Waals surface area (Å²) < 4.78 is 6.41. The average Bonchev–Trinajstić information content (AvgIpc) is 2.91. The number of carbonyl (C=O) groups excluding carboxylic acids is 1. The van der Waals surface area contributed by atoms with Crippen LogP contribution in [0.15, 0.2) is 39.4 Å². The molecule has 0 radical (unpaired) electrons. The summed E-state index contributed by atoms with van der Waals surface area (Å²) in [6.07, 6.45) is 1.75. The predicted octanol–water partition coefficient (Wildman–Crippen LogP) is 4.37. The van der Waals surface area contributed by atoms with E-state index in [0.29, 0.717) is 16.9 Å². The van der Waals surface area contributed by atoms with Crippen LogP contribution in [-0.2, 0) is 0 Å². The Morgan fingerprint density at radius 1 is 1.21 bits per heavy atom. The molecule has 0 aliphatic heterocycles. The van der Waals surface area contributed by atoms with Crippen molar-refractivity contribution in [3.63, 3.8) is 0 Å². The van der Waals surface area contributed by atoms with Gasteiger partial charge in [-0.2, -0.15) is 0 Å². The van der Waals surface area contributed by atoms with Crippen LogP contribution in [0.25, 0.3) is 10.9 Å². The summed E-state index contributed by atoms with van der Waals surface area (Å²) in [7, 11) is 0. The molecule has 0 unspecified atom stereocenters. The second kappa shape index (κ2) is 4.38. The van der Waals surface area contributed by atoms with Gasteiger partial charge in [-0.05, 0) is 32.0 Å². The Morgan fingerprint density at radius 2 is 2.00 bits per heavy atom. The standard InChI is InChI=1S/C15H12BrNO2/c1-8-5-12(9(2)19-8)15(18)13-7-17-14-6-10(16)3-4-11(13)14/h3-7,17H,1-2H3. The minimum Gasteiger partial charge on any atom is -0.466 e. The van der Waals surface area contributed by atoms with Crippen molar-refractivity contribution >= 4 is 32.6 Å². The number of hydrogen-bond donors (Lipinski definition) is 1. The molecule has 3 rings (SSSR count). The third kappa shape index (κ3) is 2.02. The summed E-state index contributed by atoms with van der Waals surface area (Å²) in [5.74, 6) is 1.40. The van der Waals surface area contributed by atoms with Crippen molar-refractivity contribution in [1.29, 1.82) is 0 Å². The normalized spacial score (nSPS) is 11.1.